The molecule has 29 heavy (non-hydrogen) atoms. The number of fused-ring (bicyclic) bond motifs is 1. The third-order valence-electron chi connectivity index (χ3n) is 5.16. The minimum atomic E-state index is 0.0178. The largest absolute Gasteiger partial charge is 0.454 e. The molecule has 2 heterocycles. The van der Waals surface area contributed by atoms with Crippen LogP contribution in [0.2, 0.25) is 0 Å². The number of unbranched alkanes of at least 4 members (excludes halogenated alkanes) is 1. The Morgan fingerprint density at radius 3 is 2.69 bits per heavy atom. The predicted octanol–water partition coefficient (Wildman–Crippen LogP) is 4.71. The van der Waals surface area contributed by atoms with E-state index >= 15 is 0 Å². The van der Waals surface area contributed by atoms with E-state index in [1.54, 1.807) is 6.07 Å². The Morgan fingerprint density at radius 1 is 1.03 bits per heavy atom. The molecule has 0 radical (unpaired) electrons. The molecule has 0 unspecified atom stereocenters. The van der Waals surface area contributed by atoms with Gasteiger partial charge in [0.05, 0.1) is 6.54 Å². The number of hydrogen-bond acceptors (Lipinski definition) is 3. The number of nitrogens with zero attached hydrogens (tertiary/aromatic N) is 2. The Labute approximate surface area is 171 Å². The molecule has 1 aliphatic rings. The highest BCUT2D eigenvalue weighted by Gasteiger charge is 2.21. The normalized spacial score (nSPS) is 12.2. The third-order valence-corrected chi connectivity index (χ3v) is 5.16. The van der Waals surface area contributed by atoms with Gasteiger partial charge in [-0.2, -0.15) is 0 Å². The SMILES string of the molecule is CCCCN(Cc1cccn1Cc1ccccc1)C(=O)c1ccc2c(c1)OCO2. The fraction of sp³-hybridized carbons (Fsp3) is 0.292. The van der Waals surface area contributed by atoms with Gasteiger partial charge in [-0.1, -0.05) is 43.7 Å². The molecule has 0 saturated heterocycles. The van der Waals surface area contributed by atoms with Crippen molar-refractivity contribution in [1.29, 1.82) is 0 Å². The van der Waals surface area contributed by atoms with Crippen LogP contribution in [-0.2, 0) is 13.1 Å². The Kier molecular flexibility index (Phi) is 5.84. The summed E-state index contributed by atoms with van der Waals surface area (Å²) in [6.45, 7) is 4.44. The molecule has 0 fully saturated rings. The number of rotatable bonds is 8. The van der Waals surface area contributed by atoms with E-state index < -0.39 is 0 Å². The molecule has 5 heteroatoms. The van der Waals surface area contributed by atoms with Crippen LogP contribution in [0, 0.1) is 0 Å². The molecule has 0 spiro atoms. The molecule has 0 saturated carbocycles. The van der Waals surface area contributed by atoms with Crippen LogP contribution in [0.4, 0.5) is 0 Å². The topological polar surface area (TPSA) is 43.7 Å². The number of carbonyl (C=O) groups is 1. The second kappa shape index (κ2) is 8.86. The van der Waals surface area contributed by atoms with Crippen molar-refractivity contribution in [1.82, 2.24) is 9.47 Å². The number of amides is 1. The van der Waals surface area contributed by atoms with Gasteiger partial charge in [0.1, 0.15) is 0 Å². The Balaban J connectivity index is 1.53. The molecule has 0 bridgehead atoms. The maximum absolute atomic E-state index is 13.3. The number of carbonyl (C=O) groups excluding carboxylic acids is 1. The van der Waals surface area contributed by atoms with Gasteiger partial charge in [0.25, 0.3) is 5.91 Å². The molecule has 3 aromatic rings. The lowest BCUT2D eigenvalue weighted by Gasteiger charge is -2.24. The van der Waals surface area contributed by atoms with Crippen LogP contribution < -0.4 is 9.47 Å². The highest BCUT2D eigenvalue weighted by molar-refractivity contribution is 5.95. The van der Waals surface area contributed by atoms with Crippen LogP contribution >= 0.6 is 0 Å². The van der Waals surface area contributed by atoms with Crippen molar-refractivity contribution >= 4 is 5.91 Å². The molecular weight excluding hydrogens is 364 g/mol. The summed E-state index contributed by atoms with van der Waals surface area (Å²) in [5, 5.41) is 0. The summed E-state index contributed by atoms with van der Waals surface area (Å²) < 4.78 is 13.0. The number of hydrogen-bond donors (Lipinski definition) is 0. The van der Waals surface area contributed by atoms with E-state index in [9.17, 15) is 4.79 Å². The zero-order valence-electron chi connectivity index (χ0n) is 16.7. The molecule has 1 aliphatic heterocycles. The molecule has 2 aromatic carbocycles. The van der Waals surface area contributed by atoms with Crippen molar-refractivity contribution in [2.45, 2.75) is 32.9 Å². The lowest BCUT2D eigenvalue weighted by molar-refractivity contribution is 0.0736. The lowest BCUT2D eigenvalue weighted by Crippen LogP contribution is -2.32. The average Bonchev–Trinajstić information content (AvgIpc) is 3.40. The fourth-order valence-corrected chi connectivity index (χ4v) is 3.54. The van der Waals surface area contributed by atoms with Crippen LogP contribution in [0.25, 0.3) is 0 Å². The van der Waals surface area contributed by atoms with E-state index in [0.29, 0.717) is 23.6 Å². The average molecular weight is 390 g/mol. The Morgan fingerprint density at radius 2 is 1.86 bits per heavy atom. The van der Waals surface area contributed by atoms with E-state index in [1.165, 1.54) is 5.56 Å². The first kappa shape index (κ1) is 19.1. The number of aromatic nitrogens is 1. The van der Waals surface area contributed by atoms with E-state index in [4.69, 9.17) is 9.47 Å². The predicted molar refractivity (Wildman–Crippen MR) is 112 cm³/mol. The van der Waals surface area contributed by atoms with Gasteiger partial charge >= 0.3 is 0 Å². The molecule has 0 atom stereocenters. The van der Waals surface area contributed by atoms with Crippen LogP contribution in [0.5, 0.6) is 11.5 Å². The van der Waals surface area contributed by atoms with Crippen molar-refractivity contribution in [3.8, 4) is 11.5 Å². The maximum atomic E-state index is 13.3. The van der Waals surface area contributed by atoms with E-state index in [0.717, 1.165) is 31.6 Å². The first-order valence-corrected chi connectivity index (χ1v) is 10.1. The van der Waals surface area contributed by atoms with Crippen molar-refractivity contribution in [3.63, 3.8) is 0 Å². The summed E-state index contributed by atoms with van der Waals surface area (Å²) in [5.41, 5.74) is 3.00. The standard InChI is InChI=1S/C24H26N2O3/c1-2-3-13-26(24(27)20-11-12-22-23(15-20)29-18-28-22)17-21-10-7-14-25(21)16-19-8-5-4-6-9-19/h4-12,14-15H,2-3,13,16-18H2,1H3. The first-order valence-electron chi connectivity index (χ1n) is 10.1. The van der Waals surface area contributed by atoms with Gasteiger partial charge in [-0.15, -0.1) is 0 Å². The number of benzene rings is 2. The molecule has 0 N–H and O–H groups in total. The minimum absolute atomic E-state index is 0.0178. The third kappa shape index (κ3) is 4.45. The van der Waals surface area contributed by atoms with Crippen LogP contribution in [0.15, 0.2) is 66.9 Å². The highest BCUT2D eigenvalue weighted by atomic mass is 16.7. The van der Waals surface area contributed by atoms with Crippen molar-refractivity contribution < 1.29 is 14.3 Å². The fourth-order valence-electron chi connectivity index (χ4n) is 3.54. The van der Waals surface area contributed by atoms with E-state index in [-0.39, 0.29) is 12.7 Å². The molecular formula is C24H26N2O3. The van der Waals surface area contributed by atoms with Gasteiger partial charge in [-0.05, 0) is 42.3 Å². The van der Waals surface area contributed by atoms with Crippen molar-refractivity contribution in [2.24, 2.45) is 0 Å². The lowest BCUT2D eigenvalue weighted by atomic mass is 10.1. The van der Waals surface area contributed by atoms with Gasteiger partial charge in [0.15, 0.2) is 11.5 Å². The van der Waals surface area contributed by atoms with Crippen LogP contribution in [0.3, 0.4) is 0 Å². The Hall–Kier alpha value is -3.21. The number of ether oxygens (including phenoxy) is 2. The zero-order valence-corrected chi connectivity index (χ0v) is 16.7. The first-order chi connectivity index (χ1) is 14.2. The van der Waals surface area contributed by atoms with Crippen LogP contribution in [0.1, 0.15) is 41.4 Å². The summed E-state index contributed by atoms with van der Waals surface area (Å²) in [5.74, 6) is 1.35. The monoisotopic (exact) mass is 390 g/mol. The highest BCUT2D eigenvalue weighted by Crippen LogP contribution is 2.33. The summed E-state index contributed by atoms with van der Waals surface area (Å²) >= 11 is 0. The van der Waals surface area contributed by atoms with Crippen molar-refractivity contribution in [2.75, 3.05) is 13.3 Å². The van der Waals surface area contributed by atoms with Gasteiger partial charge in [-0.25, -0.2) is 0 Å². The second-order valence-corrected chi connectivity index (χ2v) is 7.26. The molecule has 5 nitrogen and oxygen atoms in total. The van der Waals surface area contributed by atoms with E-state index in [1.807, 2.05) is 29.2 Å². The van der Waals surface area contributed by atoms with Gasteiger partial charge < -0.3 is 18.9 Å². The summed E-state index contributed by atoms with van der Waals surface area (Å²) in [4.78, 5) is 15.2. The summed E-state index contributed by atoms with van der Waals surface area (Å²) in [6, 6.07) is 19.9. The summed E-state index contributed by atoms with van der Waals surface area (Å²) in [6.07, 6.45) is 4.08. The maximum Gasteiger partial charge on any atom is 0.254 e. The minimum Gasteiger partial charge on any atom is -0.454 e. The molecule has 1 amide bonds. The second-order valence-electron chi connectivity index (χ2n) is 7.26. The van der Waals surface area contributed by atoms with Gasteiger partial charge in [0, 0.05) is 30.5 Å². The molecule has 150 valence electrons. The van der Waals surface area contributed by atoms with Gasteiger partial charge in [-0.3, -0.25) is 4.79 Å². The molecule has 1 aromatic heterocycles. The smallest absolute Gasteiger partial charge is 0.254 e. The zero-order chi connectivity index (χ0) is 20.1. The summed E-state index contributed by atoms with van der Waals surface area (Å²) in [7, 11) is 0. The van der Waals surface area contributed by atoms with E-state index in [2.05, 4.69) is 48.0 Å². The quantitative estimate of drug-likeness (QED) is 0.560. The molecule has 0 aliphatic carbocycles. The molecule has 4 rings (SSSR count). The van der Waals surface area contributed by atoms with Gasteiger partial charge in [0.2, 0.25) is 6.79 Å². The Bertz CT molecular complexity index is 965. The van der Waals surface area contributed by atoms with Crippen LogP contribution in [-0.4, -0.2) is 28.7 Å². The van der Waals surface area contributed by atoms with Crippen molar-refractivity contribution in [3.05, 3.63) is 83.7 Å².